The molecule has 0 aromatic carbocycles. The average Bonchev–Trinajstić information content (AvgIpc) is 2.35. The SMILES string of the molecule is CC(CC(C)C)=NCCOCCCSCCCCO. The zero-order valence-electron chi connectivity index (χ0n) is 12.9. The van der Waals surface area contributed by atoms with E-state index in [1.54, 1.807) is 0 Å². The summed E-state index contributed by atoms with van der Waals surface area (Å²) < 4.78 is 5.56. The highest BCUT2D eigenvalue weighted by atomic mass is 32.2. The first-order valence-corrected chi connectivity index (χ1v) is 8.58. The second-order valence-electron chi connectivity index (χ2n) is 5.22. The molecule has 0 aliphatic rings. The van der Waals surface area contributed by atoms with Crippen molar-refractivity contribution in [1.82, 2.24) is 0 Å². The van der Waals surface area contributed by atoms with Crippen LogP contribution in [0.2, 0.25) is 0 Å². The van der Waals surface area contributed by atoms with E-state index in [1.807, 2.05) is 11.8 Å². The number of nitrogens with zero attached hydrogens (tertiary/aromatic N) is 1. The lowest BCUT2D eigenvalue weighted by atomic mass is 10.1. The van der Waals surface area contributed by atoms with Gasteiger partial charge in [0.25, 0.3) is 0 Å². The van der Waals surface area contributed by atoms with E-state index < -0.39 is 0 Å². The van der Waals surface area contributed by atoms with Crippen molar-refractivity contribution in [2.24, 2.45) is 10.9 Å². The molecular formula is C15H31NO2S. The fourth-order valence-electron chi connectivity index (χ4n) is 1.74. The Bertz CT molecular complexity index is 220. The Morgan fingerprint density at radius 1 is 1.16 bits per heavy atom. The molecule has 0 aliphatic carbocycles. The summed E-state index contributed by atoms with van der Waals surface area (Å²) in [6, 6.07) is 0. The quantitative estimate of drug-likeness (QED) is 0.417. The topological polar surface area (TPSA) is 41.8 Å². The highest BCUT2D eigenvalue weighted by Gasteiger charge is 1.96. The van der Waals surface area contributed by atoms with Gasteiger partial charge in [0.15, 0.2) is 0 Å². The average molecular weight is 289 g/mol. The van der Waals surface area contributed by atoms with Crippen LogP contribution >= 0.6 is 11.8 Å². The first-order chi connectivity index (χ1) is 9.16. The van der Waals surface area contributed by atoms with Crippen LogP contribution in [-0.4, -0.2) is 48.7 Å². The predicted octanol–water partition coefficient (Wildman–Crippen LogP) is 3.41. The van der Waals surface area contributed by atoms with Crippen LogP contribution in [-0.2, 0) is 4.74 Å². The van der Waals surface area contributed by atoms with E-state index in [4.69, 9.17) is 9.84 Å². The van der Waals surface area contributed by atoms with Crippen molar-refractivity contribution < 1.29 is 9.84 Å². The fourth-order valence-corrected chi connectivity index (χ4v) is 2.67. The molecule has 0 bridgehead atoms. The van der Waals surface area contributed by atoms with Gasteiger partial charge < -0.3 is 9.84 Å². The third-order valence-electron chi connectivity index (χ3n) is 2.60. The number of unbranched alkanes of at least 4 members (excludes halogenated alkanes) is 1. The highest BCUT2D eigenvalue weighted by molar-refractivity contribution is 7.99. The third-order valence-corrected chi connectivity index (χ3v) is 3.75. The van der Waals surface area contributed by atoms with Gasteiger partial charge in [0, 0.05) is 18.9 Å². The van der Waals surface area contributed by atoms with Crippen molar-refractivity contribution in [3.8, 4) is 0 Å². The standard InChI is InChI=1S/C15H31NO2S/c1-14(2)13-15(3)16-7-10-18-9-6-12-19-11-5-4-8-17/h14,17H,4-13H2,1-3H3. The van der Waals surface area contributed by atoms with E-state index in [1.165, 1.54) is 5.71 Å². The number of aliphatic hydroxyl groups is 1. The summed E-state index contributed by atoms with van der Waals surface area (Å²) in [7, 11) is 0. The lowest BCUT2D eigenvalue weighted by molar-refractivity contribution is 0.143. The summed E-state index contributed by atoms with van der Waals surface area (Å²) in [4.78, 5) is 4.49. The predicted molar refractivity (Wildman–Crippen MR) is 86.5 cm³/mol. The Kier molecular flexibility index (Phi) is 14.3. The van der Waals surface area contributed by atoms with Gasteiger partial charge in [-0.25, -0.2) is 0 Å². The summed E-state index contributed by atoms with van der Waals surface area (Å²) in [6.07, 6.45) is 4.24. The Labute approximate surface area is 123 Å². The second kappa shape index (κ2) is 14.4. The van der Waals surface area contributed by atoms with Gasteiger partial charge in [-0.15, -0.1) is 0 Å². The van der Waals surface area contributed by atoms with Crippen LogP contribution in [0.5, 0.6) is 0 Å². The summed E-state index contributed by atoms with van der Waals surface area (Å²) in [5, 5.41) is 8.64. The molecule has 0 aliphatic heterocycles. The highest BCUT2D eigenvalue weighted by Crippen LogP contribution is 2.06. The van der Waals surface area contributed by atoms with Crippen LogP contribution in [0.3, 0.4) is 0 Å². The number of aliphatic imine (C=N–C) groups is 1. The molecule has 114 valence electrons. The van der Waals surface area contributed by atoms with Gasteiger partial charge in [-0.05, 0) is 50.0 Å². The van der Waals surface area contributed by atoms with Crippen LogP contribution in [0.4, 0.5) is 0 Å². The van der Waals surface area contributed by atoms with Gasteiger partial charge in [0.2, 0.25) is 0 Å². The molecule has 3 nitrogen and oxygen atoms in total. The molecule has 0 rings (SSSR count). The monoisotopic (exact) mass is 289 g/mol. The summed E-state index contributed by atoms with van der Waals surface area (Å²) in [5.74, 6) is 2.99. The fraction of sp³-hybridized carbons (Fsp3) is 0.933. The lowest BCUT2D eigenvalue weighted by Gasteiger charge is -2.05. The molecule has 0 saturated heterocycles. The number of aliphatic hydroxyl groups excluding tert-OH is 1. The summed E-state index contributed by atoms with van der Waals surface area (Å²) in [6.45, 7) is 9.23. The lowest BCUT2D eigenvalue weighted by Crippen LogP contribution is -2.04. The molecule has 0 heterocycles. The smallest absolute Gasteiger partial charge is 0.0661 e. The molecule has 19 heavy (non-hydrogen) atoms. The van der Waals surface area contributed by atoms with Crippen molar-refractivity contribution in [2.45, 2.75) is 46.5 Å². The van der Waals surface area contributed by atoms with Crippen molar-refractivity contribution >= 4 is 17.5 Å². The van der Waals surface area contributed by atoms with Gasteiger partial charge in [-0.2, -0.15) is 11.8 Å². The van der Waals surface area contributed by atoms with Gasteiger partial charge in [-0.3, -0.25) is 4.99 Å². The first kappa shape index (κ1) is 18.9. The largest absolute Gasteiger partial charge is 0.396 e. The van der Waals surface area contributed by atoms with E-state index in [2.05, 4.69) is 25.8 Å². The van der Waals surface area contributed by atoms with Crippen LogP contribution < -0.4 is 0 Å². The van der Waals surface area contributed by atoms with Crippen molar-refractivity contribution in [1.29, 1.82) is 0 Å². The Morgan fingerprint density at radius 2 is 1.89 bits per heavy atom. The second-order valence-corrected chi connectivity index (χ2v) is 6.45. The minimum absolute atomic E-state index is 0.320. The third kappa shape index (κ3) is 15.9. The van der Waals surface area contributed by atoms with Crippen molar-refractivity contribution in [3.05, 3.63) is 0 Å². The van der Waals surface area contributed by atoms with Gasteiger partial charge >= 0.3 is 0 Å². The molecule has 0 fully saturated rings. The number of ether oxygens (including phenoxy) is 1. The maximum absolute atomic E-state index is 8.64. The van der Waals surface area contributed by atoms with E-state index in [0.717, 1.165) is 56.9 Å². The Hall–Kier alpha value is -0.0600. The maximum atomic E-state index is 8.64. The zero-order valence-corrected chi connectivity index (χ0v) is 13.7. The molecule has 0 amide bonds. The van der Waals surface area contributed by atoms with Crippen molar-refractivity contribution in [2.75, 3.05) is 37.9 Å². The van der Waals surface area contributed by atoms with Crippen LogP contribution in [0.1, 0.15) is 46.5 Å². The first-order valence-electron chi connectivity index (χ1n) is 7.43. The number of hydrogen-bond acceptors (Lipinski definition) is 4. The molecule has 1 N–H and O–H groups in total. The van der Waals surface area contributed by atoms with Crippen LogP contribution in [0.25, 0.3) is 0 Å². The molecule has 4 heteroatoms. The van der Waals surface area contributed by atoms with Gasteiger partial charge in [0.1, 0.15) is 0 Å². The molecule has 0 saturated carbocycles. The minimum Gasteiger partial charge on any atom is -0.396 e. The van der Waals surface area contributed by atoms with E-state index in [0.29, 0.717) is 12.5 Å². The Balaban J connectivity index is 3.18. The normalized spacial score (nSPS) is 12.4. The van der Waals surface area contributed by atoms with Crippen molar-refractivity contribution in [3.63, 3.8) is 0 Å². The number of thioether (sulfide) groups is 1. The Morgan fingerprint density at radius 3 is 2.58 bits per heavy atom. The van der Waals surface area contributed by atoms with Crippen LogP contribution in [0, 0.1) is 5.92 Å². The number of hydrogen-bond donors (Lipinski definition) is 1. The zero-order chi connectivity index (χ0) is 14.3. The van der Waals surface area contributed by atoms with E-state index in [-0.39, 0.29) is 0 Å². The summed E-state index contributed by atoms with van der Waals surface area (Å²) >= 11 is 1.95. The molecular weight excluding hydrogens is 258 g/mol. The molecule has 0 spiro atoms. The maximum Gasteiger partial charge on any atom is 0.0661 e. The molecule has 0 aromatic heterocycles. The molecule has 0 radical (unpaired) electrons. The minimum atomic E-state index is 0.320. The molecule has 0 unspecified atom stereocenters. The number of rotatable bonds is 13. The van der Waals surface area contributed by atoms with E-state index in [9.17, 15) is 0 Å². The van der Waals surface area contributed by atoms with Gasteiger partial charge in [0.05, 0.1) is 13.2 Å². The van der Waals surface area contributed by atoms with E-state index >= 15 is 0 Å². The van der Waals surface area contributed by atoms with Gasteiger partial charge in [-0.1, -0.05) is 13.8 Å². The molecule has 0 aromatic rings. The molecule has 0 atom stereocenters. The summed E-state index contributed by atoms with van der Waals surface area (Å²) in [5.41, 5.74) is 1.23. The van der Waals surface area contributed by atoms with Crippen LogP contribution in [0.15, 0.2) is 4.99 Å².